The first-order valence-corrected chi connectivity index (χ1v) is 5.62. The molecule has 0 amide bonds. The number of furan rings is 2. The molecule has 2 aromatic carbocycles. The third-order valence-electron chi connectivity index (χ3n) is 3.25. The molecular formula is C15H10O2. The lowest BCUT2D eigenvalue weighted by atomic mass is 10.0. The van der Waals surface area contributed by atoms with Gasteiger partial charge in [-0.3, -0.25) is 0 Å². The SMILES string of the molecule is Cc1cc2c(ccc3c4ccoc4ccc23)o1. The zero-order valence-electron chi connectivity index (χ0n) is 9.36. The Balaban J connectivity index is 2.33. The Morgan fingerprint density at radius 3 is 2.41 bits per heavy atom. The molecule has 0 saturated heterocycles. The Morgan fingerprint density at radius 2 is 1.53 bits per heavy atom. The van der Waals surface area contributed by atoms with Gasteiger partial charge in [0.05, 0.1) is 6.26 Å². The molecule has 82 valence electrons. The molecule has 0 aliphatic rings. The Kier molecular flexibility index (Phi) is 1.52. The van der Waals surface area contributed by atoms with Crippen molar-refractivity contribution in [3.05, 3.63) is 48.4 Å². The van der Waals surface area contributed by atoms with Crippen LogP contribution in [-0.2, 0) is 0 Å². The van der Waals surface area contributed by atoms with Gasteiger partial charge in [-0.2, -0.15) is 0 Å². The van der Waals surface area contributed by atoms with E-state index in [1.54, 1.807) is 6.26 Å². The summed E-state index contributed by atoms with van der Waals surface area (Å²) in [4.78, 5) is 0. The molecule has 0 aliphatic heterocycles. The van der Waals surface area contributed by atoms with Crippen molar-refractivity contribution in [1.29, 1.82) is 0 Å². The van der Waals surface area contributed by atoms with Crippen molar-refractivity contribution in [2.75, 3.05) is 0 Å². The summed E-state index contributed by atoms with van der Waals surface area (Å²) in [6, 6.07) is 12.3. The number of hydrogen-bond acceptors (Lipinski definition) is 2. The third-order valence-corrected chi connectivity index (χ3v) is 3.25. The van der Waals surface area contributed by atoms with Gasteiger partial charge in [0.25, 0.3) is 0 Å². The van der Waals surface area contributed by atoms with Gasteiger partial charge in [-0.05, 0) is 54.1 Å². The average molecular weight is 222 g/mol. The molecule has 4 rings (SSSR count). The lowest BCUT2D eigenvalue weighted by Crippen LogP contribution is -1.74. The predicted molar refractivity (Wildman–Crippen MR) is 68.2 cm³/mol. The highest BCUT2D eigenvalue weighted by atomic mass is 16.3. The van der Waals surface area contributed by atoms with Crippen molar-refractivity contribution in [3.63, 3.8) is 0 Å². The van der Waals surface area contributed by atoms with E-state index in [9.17, 15) is 0 Å². The Hall–Kier alpha value is -2.22. The molecule has 0 spiro atoms. The Labute approximate surface area is 97.4 Å². The molecule has 0 unspecified atom stereocenters. The maximum atomic E-state index is 5.65. The number of fused-ring (bicyclic) bond motifs is 5. The fourth-order valence-electron chi connectivity index (χ4n) is 2.51. The van der Waals surface area contributed by atoms with E-state index in [0.717, 1.165) is 22.3 Å². The summed E-state index contributed by atoms with van der Waals surface area (Å²) < 4.78 is 11.1. The van der Waals surface area contributed by atoms with E-state index in [2.05, 4.69) is 18.2 Å². The van der Waals surface area contributed by atoms with Crippen LogP contribution >= 0.6 is 0 Å². The maximum Gasteiger partial charge on any atom is 0.134 e. The van der Waals surface area contributed by atoms with Gasteiger partial charge in [-0.25, -0.2) is 0 Å². The summed E-state index contributed by atoms with van der Waals surface area (Å²) in [5.41, 5.74) is 1.87. The van der Waals surface area contributed by atoms with E-state index < -0.39 is 0 Å². The molecule has 0 bridgehead atoms. The highest BCUT2D eigenvalue weighted by Gasteiger charge is 2.08. The smallest absolute Gasteiger partial charge is 0.134 e. The van der Waals surface area contributed by atoms with Crippen LogP contribution in [-0.4, -0.2) is 0 Å². The summed E-state index contributed by atoms with van der Waals surface area (Å²) in [5.74, 6) is 0.944. The lowest BCUT2D eigenvalue weighted by Gasteiger charge is -1.99. The molecular weight excluding hydrogens is 212 g/mol. The van der Waals surface area contributed by atoms with E-state index in [1.165, 1.54) is 16.2 Å². The van der Waals surface area contributed by atoms with E-state index in [1.807, 2.05) is 25.1 Å². The van der Waals surface area contributed by atoms with Crippen molar-refractivity contribution in [2.24, 2.45) is 0 Å². The quantitative estimate of drug-likeness (QED) is 0.433. The van der Waals surface area contributed by atoms with Crippen molar-refractivity contribution in [1.82, 2.24) is 0 Å². The molecule has 0 fully saturated rings. The number of benzene rings is 2. The molecule has 2 aromatic heterocycles. The van der Waals surface area contributed by atoms with E-state index in [4.69, 9.17) is 8.83 Å². The van der Waals surface area contributed by atoms with Crippen molar-refractivity contribution in [2.45, 2.75) is 6.92 Å². The van der Waals surface area contributed by atoms with Crippen LogP contribution in [0.15, 0.2) is 51.5 Å². The van der Waals surface area contributed by atoms with Crippen LogP contribution < -0.4 is 0 Å². The van der Waals surface area contributed by atoms with Gasteiger partial charge in [-0.1, -0.05) is 0 Å². The molecule has 17 heavy (non-hydrogen) atoms. The van der Waals surface area contributed by atoms with Gasteiger partial charge in [0, 0.05) is 10.8 Å². The zero-order chi connectivity index (χ0) is 11.4. The third kappa shape index (κ3) is 1.10. The minimum atomic E-state index is 0.928. The largest absolute Gasteiger partial charge is 0.464 e. The van der Waals surface area contributed by atoms with Crippen LogP contribution in [0, 0.1) is 6.92 Å². The summed E-state index contributed by atoms with van der Waals surface area (Å²) in [6.07, 6.45) is 1.73. The highest BCUT2D eigenvalue weighted by molar-refractivity contribution is 6.15. The van der Waals surface area contributed by atoms with Crippen molar-refractivity contribution >= 4 is 32.7 Å². The molecule has 2 heteroatoms. The maximum absolute atomic E-state index is 5.65. The minimum Gasteiger partial charge on any atom is -0.464 e. The normalized spacial score (nSPS) is 11.8. The molecule has 0 atom stereocenters. The molecule has 0 aliphatic carbocycles. The highest BCUT2D eigenvalue weighted by Crippen LogP contribution is 2.32. The summed E-state index contributed by atoms with van der Waals surface area (Å²) in [5, 5.41) is 4.75. The topological polar surface area (TPSA) is 26.3 Å². The minimum absolute atomic E-state index is 0.928. The van der Waals surface area contributed by atoms with Gasteiger partial charge >= 0.3 is 0 Å². The standard InChI is InChI=1S/C15H10O2/c1-9-8-13-11-2-4-14-12(6-7-16-14)10(11)3-5-15(13)17-9/h2-8H,1H3. The molecule has 0 radical (unpaired) electrons. The summed E-state index contributed by atoms with van der Waals surface area (Å²) in [6.45, 7) is 1.97. The lowest BCUT2D eigenvalue weighted by molar-refractivity contribution is 0.579. The van der Waals surface area contributed by atoms with Gasteiger partial charge in [0.15, 0.2) is 0 Å². The van der Waals surface area contributed by atoms with Crippen LogP contribution in [0.5, 0.6) is 0 Å². The van der Waals surface area contributed by atoms with Crippen molar-refractivity contribution < 1.29 is 8.83 Å². The van der Waals surface area contributed by atoms with E-state index in [-0.39, 0.29) is 0 Å². The average Bonchev–Trinajstić information content (AvgIpc) is 2.92. The van der Waals surface area contributed by atoms with Crippen LogP contribution in [0.1, 0.15) is 5.76 Å². The first-order valence-electron chi connectivity index (χ1n) is 5.62. The van der Waals surface area contributed by atoms with Crippen LogP contribution in [0.4, 0.5) is 0 Å². The second-order valence-corrected chi connectivity index (χ2v) is 4.33. The van der Waals surface area contributed by atoms with Gasteiger partial charge in [0.1, 0.15) is 16.9 Å². The van der Waals surface area contributed by atoms with E-state index in [0.29, 0.717) is 0 Å². The summed E-state index contributed by atoms with van der Waals surface area (Å²) in [7, 11) is 0. The van der Waals surface area contributed by atoms with Gasteiger partial charge in [-0.15, -0.1) is 0 Å². The fourth-order valence-corrected chi connectivity index (χ4v) is 2.51. The Morgan fingerprint density at radius 1 is 0.765 bits per heavy atom. The molecule has 2 heterocycles. The van der Waals surface area contributed by atoms with Crippen LogP contribution in [0.25, 0.3) is 32.7 Å². The fraction of sp³-hybridized carbons (Fsp3) is 0.0667. The molecule has 0 N–H and O–H groups in total. The number of aryl methyl sites for hydroxylation is 1. The number of rotatable bonds is 0. The molecule has 0 saturated carbocycles. The molecule has 4 aromatic rings. The van der Waals surface area contributed by atoms with Crippen LogP contribution in [0.3, 0.4) is 0 Å². The number of hydrogen-bond donors (Lipinski definition) is 0. The zero-order valence-corrected chi connectivity index (χ0v) is 9.36. The summed E-state index contributed by atoms with van der Waals surface area (Å²) >= 11 is 0. The van der Waals surface area contributed by atoms with E-state index >= 15 is 0 Å². The monoisotopic (exact) mass is 222 g/mol. The molecule has 2 nitrogen and oxygen atoms in total. The first kappa shape index (κ1) is 8.88. The first-order chi connectivity index (χ1) is 8.33. The second-order valence-electron chi connectivity index (χ2n) is 4.33. The van der Waals surface area contributed by atoms with Gasteiger partial charge in [0.2, 0.25) is 0 Å². The van der Waals surface area contributed by atoms with Gasteiger partial charge < -0.3 is 8.83 Å². The van der Waals surface area contributed by atoms with Crippen LogP contribution in [0.2, 0.25) is 0 Å². The second kappa shape index (κ2) is 2.92. The van der Waals surface area contributed by atoms with Crippen molar-refractivity contribution in [3.8, 4) is 0 Å². The Bertz CT molecular complexity index is 849. The predicted octanol–water partition coefficient (Wildman–Crippen LogP) is 4.64.